The van der Waals surface area contributed by atoms with Crippen molar-refractivity contribution in [3.8, 4) is 0 Å². The van der Waals surface area contributed by atoms with Gasteiger partial charge in [-0.2, -0.15) is 13.2 Å². The number of aliphatic imine (C=N–C) groups is 1. The summed E-state index contributed by atoms with van der Waals surface area (Å²) in [7, 11) is 0. The number of nitrogens with zero attached hydrogens (tertiary/aromatic N) is 1. The molecule has 0 spiro atoms. The zero-order chi connectivity index (χ0) is 17.9. The second-order valence-corrected chi connectivity index (χ2v) is 5.94. The van der Waals surface area contributed by atoms with Crippen LogP contribution >= 0.6 is 12.2 Å². The van der Waals surface area contributed by atoms with Gasteiger partial charge in [-0.25, -0.2) is 0 Å². The Morgan fingerprint density at radius 1 is 1.42 bits per heavy atom. The lowest BCUT2D eigenvalue weighted by molar-refractivity contribution is -0.150. The molecule has 3 nitrogen and oxygen atoms in total. The van der Waals surface area contributed by atoms with Crippen molar-refractivity contribution in [2.75, 3.05) is 6.61 Å². The highest BCUT2D eigenvalue weighted by Gasteiger charge is 2.43. The standard InChI is InChI=1S/C17H18F3NO2S/c1-3-23-16(22)15-12(8-10(2)21-14(15)9-24)11-6-4-5-7-13(11)17(18,19)20/h4-7,9,12,14-15H,3,8H2,1-2H3. The van der Waals surface area contributed by atoms with Gasteiger partial charge in [-0.05, 0) is 31.9 Å². The van der Waals surface area contributed by atoms with Gasteiger partial charge in [0, 0.05) is 17.0 Å². The molecule has 0 fully saturated rings. The fraction of sp³-hybridized carbons (Fsp3) is 0.471. The second kappa shape index (κ2) is 7.42. The Morgan fingerprint density at radius 2 is 2.08 bits per heavy atom. The van der Waals surface area contributed by atoms with Crippen molar-refractivity contribution in [2.45, 2.75) is 38.4 Å². The van der Waals surface area contributed by atoms with Gasteiger partial charge in [-0.3, -0.25) is 9.79 Å². The molecule has 7 heteroatoms. The maximum Gasteiger partial charge on any atom is 0.416 e. The summed E-state index contributed by atoms with van der Waals surface area (Å²) < 4.78 is 45.2. The molecule has 1 aliphatic rings. The Morgan fingerprint density at radius 3 is 2.67 bits per heavy atom. The van der Waals surface area contributed by atoms with Gasteiger partial charge in [0.25, 0.3) is 0 Å². The van der Waals surface area contributed by atoms with E-state index in [1.165, 1.54) is 17.5 Å². The molecule has 0 saturated carbocycles. The number of benzene rings is 1. The number of thiocarbonyl (C=S) groups is 1. The zero-order valence-corrected chi connectivity index (χ0v) is 14.2. The molecular formula is C17H18F3NO2S. The van der Waals surface area contributed by atoms with Crippen molar-refractivity contribution in [3.05, 3.63) is 35.4 Å². The normalized spacial score (nSPS) is 24.2. The van der Waals surface area contributed by atoms with Crippen LogP contribution in [0.4, 0.5) is 13.2 Å². The van der Waals surface area contributed by atoms with Crippen LogP contribution in [0.15, 0.2) is 29.3 Å². The highest BCUT2D eigenvalue weighted by Crippen LogP contribution is 2.42. The molecule has 3 atom stereocenters. The van der Waals surface area contributed by atoms with E-state index in [-0.39, 0.29) is 18.6 Å². The van der Waals surface area contributed by atoms with E-state index in [2.05, 4.69) is 4.99 Å². The van der Waals surface area contributed by atoms with Gasteiger partial charge in [0.2, 0.25) is 0 Å². The van der Waals surface area contributed by atoms with Gasteiger partial charge in [-0.1, -0.05) is 30.4 Å². The molecule has 1 aliphatic heterocycles. The van der Waals surface area contributed by atoms with Crippen molar-refractivity contribution in [3.63, 3.8) is 0 Å². The Kier molecular flexibility index (Phi) is 5.74. The summed E-state index contributed by atoms with van der Waals surface area (Å²) in [6.45, 7) is 3.53. The maximum absolute atomic E-state index is 13.4. The number of ether oxygens (including phenoxy) is 1. The number of alkyl halides is 3. The van der Waals surface area contributed by atoms with Crippen LogP contribution < -0.4 is 0 Å². The van der Waals surface area contributed by atoms with Crippen LogP contribution in [-0.2, 0) is 15.7 Å². The Hall–Kier alpha value is -1.76. The summed E-state index contributed by atoms with van der Waals surface area (Å²) in [6, 6.07) is 4.66. The molecule has 0 bridgehead atoms. The van der Waals surface area contributed by atoms with E-state index in [1.807, 2.05) is 0 Å². The first kappa shape index (κ1) is 18.6. The van der Waals surface area contributed by atoms with Crippen LogP contribution in [0.5, 0.6) is 0 Å². The average Bonchev–Trinajstić information content (AvgIpc) is 2.53. The van der Waals surface area contributed by atoms with Gasteiger partial charge in [0.1, 0.15) is 0 Å². The molecule has 1 heterocycles. The fourth-order valence-electron chi connectivity index (χ4n) is 3.11. The third-order valence-corrected chi connectivity index (χ3v) is 4.33. The van der Waals surface area contributed by atoms with Crippen molar-refractivity contribution in [1.82, 2.24) is 0 Å². The summed E-state index contributed by atoms with van der Waals surface area (Å²) in [4.78, 5) is 16.7. The molecule has 0 N–H and O–H groups in total. The average molecular weight is 357 g/mol. The number of halogens is 3. The Bertz CT molecular complexity index is 657. The van der Waals surface area contributed by atoms with Gasteiger partial charge in [0.05, 0.1) is 24.1 Å². The summed E-state index contributed by atoms with van der Waals surface area (Å²) in [5.74, 6) is -2.10. The quantitative estimate of drug-likeness (QED) is 0.599. The molecule has 0 aliphatic carbocycles. The van der Waals surface area contributed by atoms with Crippen LogP contribution in [-0.4, -0.2) is 29.7 Å². The molecule has 0 aromatic heterocycles. The number of carbonyl (C=O) groups excluding carboxylic acids is 1. The Labute approximate surface area is 143 Å². The van der Waals surface area contributed by atoms with E-state index >= 15 is 0 Å². The molecule has 0 radical (unpaired) electrons. The van der Waals surface area contributed by atoms with Crippen LogP contribution in [0.1, 0.15) is 37.3 Å². The SMILES string of the molecule is CCOC(=O)C1C(C=S)N=C(C)CC1c1ccccc1C(F)(F)F. The molecule has 0 saturated heterocycles. The lowest BCUT2D eigenvalue weighted by Crippen LogP contribution is -2.39. The topological polar surface area (TPSA) is 38.7 Å². The minimum Gasteiger partial charge on any atom is -0.466 e. The molecule has 130 valence electrons. The number of hydrogen-bond donors (Lipinski definition) is 0. The summed E-state index contributed by atoms with van der Waals surface area (Å²) in [5.41, 5.74) is 0.0184. The van der Waals surface area contributed by atoms with Crippen molar-refractivity contribution in [2.24, 2.45) is 10.9 Å². The van der Waals surface area contributed by atoms with Crippen LogP contribution in [0.3, 0.4) is 0 Å². The Balaban J connectivity index is 2.55. The number of esters is 1. The molecule has 1 aromatic rings. The third kappa shape index (κ3) is 3.83. The molecule has 2 rings (SSSR count). The van der Waals surface area contributed by atoms with Crippen molar-refractivity contribution < 1.29 is 22.7 Å². The summed E-state index contributed by atoms with van der Waals surface area (Å²) in [6.07, 6.45) is -4.23. The molecule has 0 amide bonds. The first-order chi connectivity index (χ1) is 11.3. The van der Waals surface area contributed by atoms with E-state index in [0.717, 1.165) is 6.07 Å². The predicted molar refractivity (Wildman–Crippen MR) is 89.5 cm³/mol. The fourth-order valence-corrected chi connectivity index (χ4v) is 3.34. The number of hydrogen-bond acceptors (Lipinski definition) is 4. The molecule has 1 aromatic carbocycles. The van der Waals surface area contributed by atoms with Gasteiger partial charge in [-0.15, -0.1) is 0 Å². The van der Waals surface area contributed by atoms with E-state index in [9.17, 15) is 18.0 Å². The summed E-state index contributed by atoms with van der Waals surface area (Å²) >= 11 is 4.95. The van der Waals surface area contributed by atoms with Gasteiger partial charge < -0.3 is 4.74 Å². The summed E-state index contributed by atoms with van der Waals surface area (Å²) in [5, 5.41) is 1.33. The highest BCUT2D eigenvalue weighted by atomic mass is 32.1. The smallest absolute Gasteiger partial charge is 0.416 e. The van der Waals surface area contributed by atoms with Gasteiger partial charge >= 0.3 is 12.1 Å². The predicted octanol–water partition coefficient (Wildman–Crippen LogP) is 4.20. The lowest BCUT2D eigenvalue weighted by atomic mass is 9.75. The number of rotatable bonds is 4. The number of carbonyl (C=O) groups is 1. The van der Waals surface area contributed by atoms with Crippen LogP contribution in [0, 0.1) is 5.92 Å². The van der Waals surface area contributed by atoms with Gasteiger partial charge in [0.15, 0.2) is 0 Å². The minimum atomic E-state index is -4.49. The van der Waals surface area contributed by atoms with Crippen molar-refractivity contribution >= 4 is 29.3 Å². The molecule has 24 heavy (non-hydrogen) atoms. The van der Waals surface area contributed by atoms with E-state index in [4.69, 9.17) is 17.0 Å². The van der Waals surface area contributed by atoms with E-state index in [1.54, 1.807) is 19.9 Å². The highest BCUT2D eigenvalue weighted by molar-refractivity contribution is 7.79. The van der Waals surface area contributed by atoms with E-state index in [0.29, 0.717) is 5.71 Å². The minimum absolute atomic E-state index is 0.0825. The van der Waals surface area contributed by atoms with Crippen LogP contribution in [0.2, 0.25) is 0 Å². The zero-order valence-electron chi connectivity index (χ0n) is 13.3. The van der Waals surface area contributed by atoms with Crippen LogP contribution in [0.25, 0.3) is 0 Å². The third-order valence-electron chi connectivity index (χ3n) is 4.05. The second-order valence-electron chi connectivity index (χ2n) is 5.66. The van der Waals surface area contributed by atoms with E-state index < -0.39 is 35.6 Å². The monoisotopic (exact) mass is 357 g/mol. The van der Waals surface area contributed by atoms with Crippen molar-refractivity contribution in [1.29, 1.82) is 0 Å². The maximum atomic E-state index is 13.4. The lowest BCUT2D eigenvalue weighted by Gasteiger charge is -2.34. The molecular weight excluding hydrogens is 339 g/mol. The first-order valence-electron chi connectivity index (χ1n) is 7.60. The molecule has 3 unspecified atom stereocenters. The first-order valence-corrected chi connectivity index (χ1v) is 8.08. The largest absolute Gasteiger partial charge is 0.466 e.